The topological polar surface area (TPSA) is 53.4 Å². The first kappa shape index (κ1) is 11.5. The Labute approximate surface area is 89.6 Å². The van der Waals surface area contributed by atoms with E-state index in [0.29, 0.717) is 0 Å². The van der Waals surface area contributed by atoms with Crippen LogP contribution in [0.1, 0.15) is 18.2 Å². The number of rotatable bonds is 3. The number of aromatic nitrogens is 1. The Hall–Kier alpha value is -1.58. The SMILES string of the molecule is Cc1cc(N(C)C(C)C(=O)O)c(C)cn1. The van der Waals surface area contributed by atoms with Crippen LogP contribution in [0.2, 0.25) is 0 Å². The summed E-state index contributed by atoms with van der Waals surface area (Å²) in [7, 11) is 1.78. The molecule has 4 heteroatoms. The minimum atomic E-state index is -0.827. The predicted octanol–water partition coefficient (Wildman–Crippen LogP) is 1.61. The van der Waals surface area contributed by atoms with E-state index in [-0.39, 0.29) is 0 Å². The zero-order valence-corrected chi connectivity index (χ0v) is 9.48. The molecule has 0 fully saturated rings. The molecule has 0 bridgehead atoms. The molecule has 0 aromatic carbocycles. The maximum Gasteiger partial charge on any atom is 0.326 e. The van der Waals surface area contributed by atoms with Gasteiger partial charge < -0.3 is 10.0 Å². The van der Waals surface area contributed by atoms with Crippen LogP contribution in [-0.4, -0.2) is 29.1 Å². The highest BCUT2D eigenvalue weighted by Crippen LogP contribution is 2.20. The van der Waals surface area contributed by atoms with Gasteiger partial charge in [0.2, 0.25) is 0 Å². The number of hydrogen-bond donors (Lipinski definition) is 1. The molecule has 1 aromatic rings. The average molecular weight is 208 g/mol. The van der Waals surface area contributed by atoms with Gasteiger partial charge in [0.15, 0.2) is 0 Å². The molecule has 82 valence electrons. The third kappa shape index (κ3) is 2.46. The lowest BCUT2D eigenvalue weighted by Gasteiger charge is -2.25. The van der Waals surface area contributed by atoms with Crippen molar-refractivity contribution in [3.8, 4) is 0 Å². The van der Waals surface area contributed by atoms with E-state index in [1.165, 1.54) is 0 Å². The number of pyridine rings is 1. The number of hydrogen-bond acceptors (Lipinski definition) is 3. The van der Waals surface area contributed by atoms with E-state index in [4.69, 9.17) is 5.11 Å². The molecule has 1 aromatic heterocycles. The van der Waals surface area contributed by atoms with Crippen molar-refractivity contribution in [2.45, 2.75) is 26.8 Å². The zero-order chi connectivity index (χ0) is 11.6. The predicted molar refractivity (Wildman–Crippen MR) is 59.2 cm³/mol. The molecular weight excluding hydrogens is 192 g/mol. The van der Waals surface area contributed by atoms with E-state index in [9.17, 15) is 4.79 Å². The summed E-state index contributed by atoms with van der Waals surface area (Å²) >= 11 is 0. The van der Waals surface area contributed by atoms with Crippen LogP contribution in [0.4, 0.5) is 5.69 Å². The number of carboxylic acid groups (broad SMARTS) is 1. The molecule has 0 aliphatic carbocycles. The molecule has 1 unspecified atom stereocenters. The first-order valence-corrected chi connectivity index (χ1v) is 4.82. The van der Waals surface area contributed by atoms with E-state index in [2.05, 4.69) is 4.98 Å². The van der Waals surface area contributed by atoms with Crippen LogP contribution >= 0.6 is 0 Å². The molecule has 0 saturated carbocycles. The van der Waals surface area contributed by atoms with Gasteiger partial charge in [0.25, 0.3) is 0 Å². The Kier molecular flexibility index (Phi) is 3.29. The van der Waals surface area contributed by atoms with Crippen molar-refractivity contribution in [3.63, 3.8) is 0 Å². The summed E-state index contributed by atoms with van der Waals surface area (Å²) in [6.45, 7) is 5.48. The molecule has 1 rings (SSSR count). The Morgan fingerprint density at radius 2 is 2.13 bits per heavy atom. The maximum atomic E-state index is 10.9. The second-order valence-corrected chi connectivity index (χ2v) is 3.74. The van der Waals surface area contributed by atoms with Crippen molar-refractivity contribution in [1.82, 2.24) is 4.98 Å². The van der Waals surface area contributed by atoms with Crippen molar-refractivity contribution < 1.29 is 9.90 Å². The molecule has 0 aliphatic heterocycles. The number of aliphatic carboxylic acids is 1. The van der Waals surface area contributed by atoms with Crippen LogP contribution in [0.15, 0.2) is 12.3 Å². The Balaban J connectivity index is 3.04. The Bertz CT molecular complexity index is 377. The number of carboxylic acids is 1. The van der Waals surface area contributed by atoms with Crippen molar-refractivity contribution >= 4 is 11.7 Å². The van der Waals surface area contributed by atoms with E-state index >= 15 is 0 Å². The fourth-order valence-electron chi connectivity index (χ4n) is 1.37. The Morgan fingerprint density at radius 1 is 1.53 bits per heavy atom. The lowest BCUT2D eigenvalue weighted by Crippen LogP contribution is -2.36. The van der Waals surface area contributed by atoms with E-state index < -0.39 is 12.0 Å². The summed E-state index contributed by atoms with van der Waals surface area (Å²) in [5.74, 6) is -0.827. The number of nitrogens with zero attached hydrogens (tertiary/aromatic N) is 2. The van der Waals surface area contributed by atoms with Gasteiger partial charge in [0.05, 0.1) is 0 Å². The van der Waals surface area contributed by atoms with E-state index in [0.717, 1.165) is 16.9 Å². The molecule has 0 saturated heterocycles. The fourth-order valence-corrected chi connectivity index (χ4v) is 1.37. The van der Waals surface area contributed by atoms with Crippen LogP contribution in [0.3, 0.4) is 0 Å². The van der Waals surface area contributed by atoms with Crippen molar-refractivity contribution in [3.05, 3.63) is 23.5 Å². The fraction of sp³-hybridized carbons (Fsp3) is 0.455. The van der Waals surface area contributed by atoms with Crippen molar-refractivity contribution in [2.24, 2.45) is 0 Å². The lowest BCUT2D eigenvalue weighted by molar-refractivity contribution is -0.138. The number of carbonyl (C=O) groups is 1. The van der Waals surface area contributed by atoms with Crippen LogP contribution in [-0.2, 0) is 4.79 Å². The summed E-state index contributed by atoms with van der Waals surface area (Å²) in [6, 6.07) is 1.36. The summed E-state index contributed by atoms with van der Waals surface area (Å²) < 4.78 is 0. The quantitative estimate of drug-likeness (QED) is 0.819. The second kappa shape index (κ2) is 4.29. The average Bonchev–Trinajstić information content (AvgIpc) is 2.19. The summed E-state index contributed by atoms with van der Waals surface area (Å²) in [5, 5.41) is 8.92. The smallest absolute Gasteiger partial charge is 0.326 e. The van der Waals surface area contributed by atoms with Crippen LogP contribution < -0.4 is 4.90 Å². The molecule has 0 aliphatic rings. The highest BCUT2D eigenvalue weighted by molar-refractivity contribution is 5.78. The van der Waals surface area contributed by atoms with Gasteiger partial charge in [-0.15, -0.1) is 0 Å². The molecule has 4 nitrogen and oxygen atoms in total. The molecule has 1 atom stereocenters. The van der Waals surface area contributed by atoms with E-state index in [1.807, 2.05) is 19.9 Å². The van der Waals surface area contributed by atoms with Crippen LogP contribution in [0.5, 0.6) is 0 Å². The standard InChI is InChI=1S/C11H16N2O2/c1-7-6-12-8(2)5-10(7)13(4)9(3)11(14)15/h5-6,9H,1-4H3,(H,14,15). The van der Waals surface area contributed by atoms with Gasteiger partial charge in [-0.3, -0.25) is 4.98 Å². The first-order valence-electron chi connectivity index (χ1n) is 4.82. The van der Waals surface area contributed by atoms with Gasteiger partial charge >= 0.3 is 5.97 Å². The minimum absolute atomic E-state index is 0.537. The normalized spacial score (nSPS) is 12.3. The molecule has 1 N–H and O–H groups in total. The summed E-state index contributed by atoms with van der Waals surface area (Å²) in [6.07, 6.45) is 1.76. The summed E-state index contributed by atoms with van der Waals surface area (Å²) in [5.41, 5.74) is 2.79. The van der Waals surface area contributed by atoms with Crippen LogP contribution in [0, 0.1) is 13.8 Å². The van der Waals surface area contributed by atoms with Gasteiger partial charge in [-0.1, -0.05) is 0 Å². The molecule has 1 heterocycles. The van der Waals surface area contributed by atoms with Crippen molar-refractivity contribution in [2.75, 3.05) is 11.9 Å². The largest absolute Gasteiger partial charge is 0.480 e. The zero-order valence-electron chi connectivity index (χ0n) is 9.48. The third-order valence-corrected chi connectivity index (χ3v) is 2.53. The van der Waals surface area contributed by atoms with Gasteiger partial charge in [0.1, 0.15) is 6.04 Å². The highest BCUT2D eigenvalue weighted by atomic mass is 16.4. The minimum Gasteiger partial charge on any atom is -0.480 e. The molecular formula is C11H16N2O2. The lowest BCUT2D eigenvalue weighted by atomic mass is 10.2. The maximum absolute atomic E-state index is 10.9. The van der Waals surface area contributed by atoms with Crippen molar-refractivity contribution in [1.29, 1.82) is 0 Å². The van der Waals surface area contributed by atoms with Gasteiger partial charge in [-0.25, -0.2) is 4.79 Å². The highest BCUT2D eigenvalue weighted by Gasteiger charge is 2.18. The monoisotopic (exact) mass is 208 g/mol. The molecule has 0 radical (unpaired) electrons. The third-order valence-electron chi connectivity index (χ3n) is 2.53. The first-order chi connectivity index (χ1) is 6.93. The molecule has 0 spiro atoms. The number of likely N-dealkylation sites (N-methyl/N-ethyl adjacent to an activating group) is 1. The molecule has 15 heavy (non-hydrogen) atoms. The van der Waals surface area contributed by atoms with Gasteiger partial charge in [-0.05, 0) is 32.4 Å². The van der Waals surface area contributed by atoms with Gasteiger partial charge in [0, 0.05) is 24.6 Å². The number of anilines is 1. The number of aryl methyl sites for hydroxylation is 2. The Morgan fingerprint density at radius 3 is 2.67 bits per heavy atom. The second-order valence-electron chi connectivity index (χ2n) is 3.74. The van der Waals surface area contributed by atoms with Gasteiger partial charge in [-0.2, -0.15) is 0 Å². The van der Waals surface area contributed by atoms with Crippen LogP contribution in [0.25, 0.3) is 0 Å². The molecule has 0 amide bonds. The van der Waals surface area contributed by atoms with E-state index in [1.54, 1.807) is 25.1 Å². The summed E-state index contributed by atoms with van der Waals surface area (Å²) in [4.78, 5) is 16.7.